The van der Waals surface area contributed by atoms with E-state index in [4.69, 9.17) is 9.47 Å². The fourth-order valence-corrected chi connectivity index (χ4v) is 5.01. The second kappa shape index (κ2) is 6.25. The second-order valence-electron chi connectivity index (χ2n) is 7.92. The normalized spacial score (nSPS) is 22.6. The number of hydrogen-bond donors (Lipinski definition) is 0. The van der Waals surface area contributed by atoms with E-state index in [0.717, 1.165) is 30.9 Å². The molecule has 1 spiro atoms. The number of ether oxygens (including phenoxy) is 2. The van der Waals surface area contributed by atoms with Gasteiger partial charge in [-0.2, -0.15) is 0 Å². The maximum absolute atomic E-state index is 13.3. The Balaban J connectivity index is 1.61. The van der Waals surface area contributed by atoms with Crippen LogP contribution in [0.4, 0.5) is 0 Å². The lowest BCUT2D eigenvalue weighted by atomic mass is 9.71. The zero-order chi connectivity index (χ0) is 18.4. The van der Waals surface area contributed by atoms with Crippen molar-refractivity contribution in [3.63, 3.8) is 0 Å². The number of rotatable bonds is 1. The van der Waals surface area contributed by atoms with Gasteiger partial charge in [-0.05, 0) is 55.2 Å². The number of carbonyl (C=O) groups is 1. The highest BCUT2D eigenvalue weighted by molar-refractivity contribution is 5.94. The van der Waals surface area contributed by atoms with E-state index in [1.165, 1.54) is 24.0 Å². The van der Waals surface area contributed by atoms with E-state index in [9.17, 15) is 4.79 Å². The minimum absolute atomic E-state index is 0.00485. The Hall–Kier alpha value is -2.56. The van der Waals surface area contributed by atoms with E-state index in [0.29, 0.717) is 18.8 Å². The van der Waals surface area contributed by atoms with Crippen LogP contribution in [0.1, 0.15) is 60.1 Å². The molecule has 3 heterocycles. The Kier molecular flexibility index (Phi) is 3.85. The maximum Gasteiger partial charge on any atom is 0.255 e. The van der Waals surface area contributed by atoms with Crippen LogP contribution in [0.5, 0.6) is 11.5 Å². The molecule has 27 heavy (non-hydrogen) atoms. The Morgan fingerprint density at radius 3 is 2.63 bits per heavy atom. The quantitative estimate of drug-likeness (QED) is 0.770. The molecular formula is C22H24N2O3. The highest BCUT2D eigenvalue weighted by Gasteiger charge is 2.46. The number of benzene rings is 1. The molecule has 5 nitrogen and oxygen atoms in total. The SMILES string of the molecule is CC1c2cc3c(cc2C2(CCCC2)CN1C(=O)c1cccnc1)OCCO3. The van der Waals surface area contributed by atoms with Crippen molar-refractivity contribution in [3.8, 4) is 11.5 Å². The van der Waals surface area contributed by atoms with Gasteiger partial charge in [0.05, 0.1) is 11.6 Å². The highest BCUT2D eigenvalue weighted by Crippen LogP contribution is 2.52. The third-order valence-corrected chi connectivity index (χ3v) is 6.41. The van der Waals surface area contributed by atoms with Crippen LogP contribution in [0.3, 0.4) is 0 Å². The van der Waals surface area contributed by atoms with Gasteiger partial charge in [0.1, 0.15) is 13.2 Å². The fourth-order valence-electron chi connectivity index (χ4n) is 5.01. The van der Waals surface area contributed by atoms with E-state index in [2.05, 4.69) is 24.0 Å². The topological polar surface area (TPSA) is 51.7 Å². The second-order valence-corrected chi connectivity index (χ2v) is 7.92. The molecule has 140 valence electrons. The predicted octanol–water partition coefficient (Wildman–Crippen LogP) is 3.88. The van der Waals surface area contributed by atoms with Gasteiger partial charge in [-0.3, -0.25) is 9.78 Å². The number of hydrogen-bond acceptors (Lipinski definition) is 4. The summed E-state index contributed by atoms with van der Waals surface area (Å²) in [7, 11) is 0. The van der Waals surface area contributed by atoms with Crippen molar-refractivity contribution in [2.75, 3.05) is 19.8 Å². The molecule has 0 radical (unpaired) electrons. The number of amides is 1. The molecule has 1 saturated carbocycles. The Bertz CT molecular complexity index is 875. The smallest absolute Gasteiger partial charge is 0.255 e. The van der Waals surface area contributed by atoms with Crippen molar-refractivity contribution in [2.24, 2.45) is 0 Å². The molecule has 1 aliphatic carbocycles. The molecule has 1 unspecified atom stereocenters. The van der Waals surface area contributed by atoms with Crippen molar-refractivity contribution < 1.29 is 14.3 Å². The lowest BCUT2D eigenvalue weighted by Crippen LogP contribution is -2.48. The summed E-state index contributed by atoms with van der Waals surface area (Å²) >= 11 is 0. The first-order valence-electron chi connectivity index (χ1n) is 9.83. The van der Waals surface area contributed by atoms with Gasteiger partial charge < -0.3 is 14.4 Å². The first-order chi connectivity index (χ1) is 13.2. The average molecular weight is 364 g/mol. The molecule has 0 saturated heterocycles. The van der Waals surface area contributed by atoms with Crippen molar-refractivity contribution in [1.29, 1.82) is 0 Å². The summed E-state index contributed by atoms with van der Waals surface area (Å²) < 4.78 is 11.7. The molecule has 5 heteroatoms. The summed E-state index contributed by atoms with van der Waals surface area (Å²) in [4.78, 5) is 19.4. The molecule has 0 N–H and O–H groups in total. The van der Waals surface area contributed by atoms with E-state index in [1.807, 2.05) is 17.0 Å². The van der Waals surface area contributed by atoms with Crippen LogP contribution in [-0.4, -0.2) is 35.5 Å². The minimum atomic E-state index is -0.00485. The highest BCUT2D eigenvalue weighted by atomic mass is 16.6. The van der Waals surface area contributed by atoms with Gasteiger partial charge in [-0.25, -0.2) is 0 Å². The average Bonchev–Trinajstić information content (AvgIpc) is 3.19. The predicted molar refractivity (Wildman–Crippen MR) is 101 cm³/mol. The number of pyridine rings is 1. The van der Waals surface area contributed by atoms with Crippen LogP contribution in [0, 0.1) is 0 Å². The van der Waals surface area contributed by atoms with Crippen LogP contribution >= 0.6 is 0 Å². The lowest BCUT2D eigenvalue weighted by molar-refractivity contribution is 0.0592. The van der Waals surface area contributed by atoms with E-state index in [1.54, 1.807) is 12.4 Å². The largest absolute Gasteiger partial charge is 0.486 e. The summed E-state index contributed by atoms with van der Waals surface area (Å²) in [6, 6.07) is 7.97. The first kappa shape index (κ1) is 16.6. The Morgan fingerprint density at radius 1 is 1.19 bits per heavy atom. The van der Waals surface area contributed by atoms with Crippen LogP contribution in [-0.2, 0) is 5.41 Å². The molecule has 5 rings (SSSR count). The Morgan fingerprint density at radius 2 is 1.93 bits per heavy atom. The molecule has 1 fully saturated rings. The van der Waals surface area contributed by atoms with E-state index < -0.39 is 0 Å². The van der Waals surface area contributed by atoms with Gasteiger partial charge >= 0.3 is 0 Å². The monoisotopic (exact) mass is 364 g/mol. The van der Waals surface area contributed by atoms with Gasteiger partial charge in [-0.15, -0.1) is 0 Å². The van der Waals surface area contributed by atoms with Gasteiger partial charge in [0.2, 0.25) is 0 Å². The zero-order valence-corrected chi connectivity index (χ0v) is 15.6. The van der Waals surface area contributed by atoms with Crippen molar-refractivity contribution in [1.82, 2.24) is 9.88 Å². The van der Waals surface area contributed by atoms with Crippen LogP contribution in [0.15, 0.2) is 36.7 Å². The van der Waals surface area contributed by atoms with Crippen LogP contribution < -0.4 is 9.47 Å². The third-order valence-electron chi connectivity index (χ3n) is 6.41. The lowest BCUT2D eigenvalue weighted by Gasteiger charge is -2.46. The molecule has 2 aromatic rings. The molecule has 2 aliphatic heterocycles. The third kappa shape index (κ3) is 2.59. The van der Waals surface area contributed by atoms with Crippen molar-refractivity contribution >= 4 is 5.91 Å². The standard InChI is InChI=1S/C22H24N2O3/c1-15-17-11-19-20(27-10-9-26-19)12-18(17)22(6-2-3-7-22)14-24(15)21(25)16-5-4-8-23-13-16/h4-5,8,11-13,15H,2-3,6-7,9-10,14H2,1H3. The summed E-state index contributed by atoms with van der Waals surface area (Å²) in [5, 5.41) is 0. The number of carbonyl (C=O) groups excluding carboxylic acids is 1. The summed E-state index contributed by atoms with van der Waals surface area (Å²) in [5.41, 5.74) is 3.23. The van der Waals surface area contributed by atoms with Gasteiger partial charge in [0.15, 0.2) is 11.5 Å². The molecular weight excluding hydrogens is 340 g/mol. The van der Waals surface area contributed by atoms with Gasteiger partial charge in [0, 0.05) is 24.4 Å². The summed E-state index contributed by atoms with van der Waals surface area (Å²) in [5.74, 6) is 1.71. The zero-order valence-electron chi connectivity index (χ0n) is 15.6. The Labute approximate surface area is 159 Å². The number of nitrogens with zero attached hydrogens (tertiary/aromatic N) is 2. The minimum Gasteiger partial charge on any atom is -0.486 e. The van der Waals surface area contributed by atoms with E-state index in [-0.39, 0.29) is 17.4 Å². The molecule has 0 bridgehead atoms. The van der Waals surface area contributed by atoms with Crippen molar-refractivity contribution in [2.45, 2.75) is 44.1 Å². The molecule has 1 atom stereocenters. The number of fused-ring (bicyclic) bond motifs is 3. The van der Waals surface area contributed by atoms with Crippen LogP contribution in [0.2, 0.25) is 0 Å². The van der Waals surface area contributed by atoms with Gasteiger partial charge in [0.25, 0.3) is 5.91 Å². The molecule has 1 amide bonds. The molecule has 1 aromatic carbocycles. The fraction of sp³-hybridized carbons (Fsp3) is 0.455. The summed E-state index contributed by atoms with van der Waals surface area (Å²) in [6.45, 7) is 4.04. The maximum atomic E-state index is 13.3. The van der Waals surface area contributed by atoms with Crippen molar-refractivity contribution in [3.05, 3.63) is 53.3 Å². The van der Waals surface area contributed by atoms with Crippen LogP contribution in [0.25, 0.3) is 0 Å². The van der Waals surface area contributed by atoms with E-state index >= 15 is 0 Å². The molecule has 1 aromatic heterocycles. The molecule has 3 aliphatic rings. The summed E-state index contributed by atoms with van der Waals surface area (Å²) in [6.07, 6.45) is 8.00. The first-order valence-corrected chi connectivity index (χ1v) is 9.83. The van der Waals surface area contributed by atoms with Gasteiger partial charge in [-0.1, -0.05) is 12.8 Å². The number of aromatic nitrogens is 1.